The van der Waals surface area contributed by atoms with E-state index in [1.807, 2.05) is 12.4 Å². The van der Waals surface area contributed by atoms with Crippen LogP contribution in [0.2, 0.25) is 0 Å². The summed E-state index contributed by atoms with van der Waals surface area (Å²) >= 11 is 0. The van der Waals surface area contributed by atoms with Crippen LogP contribution in [0.5, 0.6) is 0 Å². The van der Waals surface area contributed by atoms with Crippen molar-refractivity contribution in [1.29, 1.82) is 0 Å². The lowest BCUT2D eigenvalue weighted by Gasteiger charge is -2.37. The van der Waals surface area contributed by atoms with Crippen LogP contribution in [0.4, 0.5) is 5.95 Å². The summed E-state index contributed by atoms with van der Waals surface area (Å²) in [5.41, 5.74) is 0. The maximum atomic E-state index is 5.60. The molecule has 5 heteroatoms. The molecule has 5 nitrogen and oxygen atoms in total. The molecule has 0 radical (unpaired) electrons. The Labute approximate surface area is 109 Å². The number of hydrogen-bond donors (Lipinski definition) is 1. The number of aryl methyl sites for hydroxylation is 1. The largest absolute Gasteiger partial charge is 0.377 e. The van der Waals surface area contributed by atoms with Gasteiger partial charge in [-0.1, -0.05) is 13.8 Å². The third kappa shape index (κ3) is 3.03. The van der Waals surface area contributed by atoms with Gasteiger partial charge in [-0.15, -0.1) is 0 Å². The molecule has 2 heterocycles. The van der Waals surface area contributed by atoms with E-state index >= 15 is 0 Å². The van der Waals surface area contributed by atoms with E-state index in [0.717, 1.165) is 38.8 Å². The lowest BCUT2D eigenvalue weighted by atomic mass is 10.2. The number of aromatic nitrogens is 2. The van der Waals surface area contributed by atoms with Gasteiger partial charge >= 0.3 is 0 Å². The summed E-state index contributed by atoms with van der Waals surface area (Å²) in [5, 5.41) is 3.49. The van der Waals surface area contributed by atoms with E-state index in [0.29, 0.717) is 12.1 Å². The summed E-state index contributed by atoms with van der Waals surface area (Å²) < 4.78 is 7.79. The standard InChI is InChI=1S/C13H24N4O/c1-4-16-6-5-14-13(16)17-7-8-18-10-12(17)9-15-11(2)3/h5-6,11-12,15H,4,7-10H2,1-3H3. The van der Waals surface area contributed by atoms with Crippen molar-refractivity contribution in [2.75, 3.05) is 31.2 Å². The fraction of sp³-hybridized carbons (Fsp3) is 0.769. The summed E-state index contributed by atoms with van der Waals surface area (Å²) in [6.45, 7) is 10.9. The van der Waals surface area contributed by atoms with Crippen LogP contribution in [-0.2, 0) is 11.3 Å². The first-order chi connectivity index (χ1) is 8.72. The van der Waals surface area contributed by atoms with Crippen molar-refractivity contribution in [2.24, 2.45) is 0 Å². The molecule has 1 saturated heterocycles. The van der Waals surface area contributed by atoms with Gasteiger partial charge in [0.05, 0.1) is 19.3 Å². The topological polar surface area (TPSA) is 42.3 Å². The van der Waals surface area contributed by atoms with Crippen LogP contribution >= 0.6 is 0 Å². The molecule has 1 aromatic heterocycles. The van der Waals surface area contributed by atoms with Gasteiger partial charge in [0.25, 0.3) is 0 Å². The highest BCUT2D eigenvalue weighted by atomic mass is 16.5. The van der Waals surface area contributed by atoms with E-state index < -0.39 is 0 Å². The molecule has 0 saturated carbocycles. The first kappa shape index (κ1) is 13.4. The number of imidazole rings is 1. The number of anilines is 1. The van der Waals surface area contributed by atoms with Crippen molar-refractivity contribution in [3.8, 4) is 0 Å². The highest BCUT2D eigenvalue weighted by Crippen LogP contribution is 2.17. The number of morpholine rings is 1. The number of nitrogens with one attached hydrogen (secondary N) is 1. The minimum Gasteiger partial charge on any atom is -0.377 e. The molecule has 1 fully saturated rings. The van der Waals surface area contributed by atoms with Crippen LogP contribution < -0.4 is 10.2 Å². The average Bonchev–Trinajstić information content (AvgIpc) is 2.84. The zero-order chi connectivity index (χ0) is 13.0. The number of nitrogens with zero attached hydrogens (tertiary/aromatic N) is 3. The molecule has 1 aromatic rings. The van der Waals surface area contributed by atoms with Gasteiger partial charge in [0.1, 0.15) is 0 Å². The van der Waals surface area contributed by atoms with E-state index in [1.165, 1.54) is 0 Å². The maximum absolute atomic E-state index is 5.60. The Kier molecular flexibility index (Phi) is 4.60. The van der Waals surface area contributed by atoms with Crippen molar-refractivity contribution < 1.29 is 4.74 Å². The Morgan fingerprint density at radius 1 is 1.56 bits per heavy atom. The third-order valence-electron chi connectivity index (χ3n) is 3.28. The van der Waals surface area contributed by atoms with Crippen LogP contribution in [0.1, 0.15) is 20.8 Å². The van der Waals surface area contributed by atoms with Crippen molar-refractivity contribution in [3.63, 3.8) is 0 Å². The number of ether oxygens (including phenoxy) is 1. The van der Waals surface area contributed by atoms with E-state index in [4.69, 9.17) is 4.74 Å². The van der Waals surface area contributed by atoms with Crippen LogP contribution in [0.15, 0.2) is 12.4 Å². The van der Waals surface area contributed by atoms with Crippen LogP contribution in [0.25, 0.3) is 0 Å². The maximum Gasteiger partial charge on any atom is 0.205 e. The van der Waals surface area contributed by atoms with Gasteiger partial charge in [0.15, 0.2) is 0 Å². The smallest absolute Gasteiger partial charge is 0.205 e. The van der Waals surface area contributed by atoms with E-state index in [2.05, 4.69) is 40.5 Å². The average molecular weight is 252 g/mol. The Morgan fingerprint density at radius 2 is 2.39 bits per heavy atom. The summed E-state index contributed by atoms with van der Waals surface area (Å²) in [4.78, 5) is 6.86. The molecule has 0 spiro atoms. The molecule has 0 bridgehead atoms. The molecule has 1 aliphatic rings. The molecule has 1 aliphatic heterocycles. The normalized spacial score (nSPS) is 20.7. The second kappa shape index (κ2) is 6.20. The fourth-order valence-electron chi connectivity index (χ4n) is 2.27. The number of rotatable bonds is 5. The van der Waals surface area contributed by atoms with E-state index in [9.17, 15) is 0 Å². The Morgan fingerprint density at radius 3 is 3.11 bits per heavy atom. The molecule has 0 aliphatic carbocycles. The summed E-state index contributed by atoms with van der Waals surface area (Å²) in [7, 11) is 0. The zero-order valence-electron chi connectivity index (χ0n) is 11.6. The Balaban J connectivity index is 2.07. The molecule has 2 rings (SSSR count). The van der Waals surface area contributed by atoms with Gasteiger partial charge in [-0.2, -0.15) is 0 Å². The molecular formula is C13H24N4O. The predicted octanol–water partition coefficient (Wildman–Crippen LogP) is 1.11. The highest BCUT2D eigenvalue weighted by Gasteiger charge is 2.25. The summed E-state index contributed by atoms with van der Waals surface area (Å²) in [5.74, 6) is 1.07. The molecule has 1 atom stereocenters. The van der Waals surface area contributed by atoms with Gasteiger partial charge in [-0.25, -0.2) is 4.98 Å². The van der Waals surface area contributed by atoms with Crippen molar-refractivity contribution in [1.82, 2.24) is 14.9 Å². The molecule has 1 N–H and O–H groups in total. The van der Waals surface area contributed by atoms with Crippen molar-refractivity contribution in [2.45, 2.75) is 39.4 Å². The van der Waals surface area contributed by atoms with E-state index in [1.54, 1.807) is 0 Å². The molecule has 0 aromatic carbocycles. The minimum atomic E-state index is 0.369. The molecule has 102 valence electrons. The number of hydrogen-bond acceptors (Lipinski definition) is 4. The third-order valence-corrected chi connectivity index (χ3v) is 3.28. The van der Waals surface area contributed by atoms with Gasteiger partial charge in [0, 0.05) is 38.1 Å². The molecule has 0 amide bonds. The Hall–Kier alpha value is -1.07. The monoisotopic (exact) mass is 252 g/mol. The van der Waals surface area contributed by atoms with Crippen molar-refractivity contribution >= 4 is 5.95 Å². The van der Waals surface area contributed by atoms with Gasteiger partial charge in [-0.3, -0.25) is 0 Å². The van der Waals surface area contributed by atoms with Crippen LogP contribution in [0.3, 0.4) is 0 Å². The lowest BCUT2D eigenvalue weighted by molar-refractivity contribution is 0.0919. The summed E-state index contributed by atoms with van der Waals surface area (Å²) in [6.07, 6.45) is 3.92. The molecular weight excluding hydrogens is 228 g/mol. The van der Waals surface area contributed by atoms with Gasteiger partial charge < -0.3 is 19.5 Å². The minimum absolute atomic E-state index is 0.369. The SMILES string of the molecule is CCn1ccnc1N1CCOCC1CNC(C)C. The van der Waals surface area contributed by atoms with Gasteiger partial charge in [-0.05, 0) is 6.92 Å². The second-order valence-electron chi connectivity index (χ2n) is 5.00. The highest BCUT2D eigenvalue weighted by molar-refractivity contribution is 5.34. The first-order valence-corrected chi connectivity index (χ1v) is 6.81. The quantitative estimate of drug-likeness (QED) is 0.852. The summed E-state index contributed by atoms with van der Waals surface area (Å²) in [6, 6.07) is 0.869. The van der Waals surface area contributed by atoms with Crippen LogP contribution in [-0.4, -0.2) is 47.9 Å². The Bertz CT molecular complexity index is 364. The second-order valence-corrected chi connectivity index (χ2v) is 5.00. The van der Waals surface area contributed by atoms with Crippen LogP contribution in [0, 0.1) is 0 Å². The lowest BCUT2D eigenvalue weighted by Crippen LogP contribution is -2.52. The fourth-order valence-corrected chi connectivity index (χ4v) is 2.27. The molecule has 18 heavy (non-hydrogen) atoms. The predicted molar refractivity (Wildman–Crippen MR) is 73.0 cm³/mol. The first-order valence-electron chi connectivity index (χ1n) is 6.81. The van der Waals surface area contributed by atoms with Gasteiger partial charge in [0.2, 0.25) is 5.95 Å². The van der Waals surface area contributed by atoms with E-state index in [-0.39, 0.29) is 0 Å². The molecule has 1 unspecified atom stereocenters. The zero-order valence-corrected chi connectivity index (χ0v) is 11.6. The van der Waals surface area contributed by atoms with Crippen molar-refractivity contribution in [3.05, 3.63) is 12.4 Å².